The Balaban J connectivity index is 2.02. The summed E-state index contributed by atoms with van der Waals surface area (Å²) in [5.41, 5.74) is -0.425. The molecule has 1 amide bonds. The summed E-state index contributed by atoms with van der Waals surface area (Å²) in [5, 5.41) is 2.55. The highest BCUT2D eigenvalue weighted by Crippen LogP contribution is 2.18. The number of aromatic amines is 2. The van der Waals surface area contributed by atoms with Gasteiger partial charge in [0.25, 0.3) is 5.56 Å². The van der Waals surface area contributed by atoms with Crippen molar-refractivity contribution < 1.29 is 13.6 Å². The van der Waals surface area contributed by atoms with Gasteiger partial charge in [-0.05, 0) is 38.5 Å². The zero-order chi connectivity index (χ0) is 17.9. The Hall–Kier alpha value is -2.77. The molecule has 0 saturated heterocycles. The Kier molecular flexibility index (Phi) is 5.28. The van der Waals surface area contributed by atoms with Crippen LogP contribution in [0.4, 0.5) is 8.78 Å². The molecule has 24 heavy (non-hydrogen) atoms. The van der Waals surface area contributed by atoms with E-state index in [4.69, 9.17) is 0 Å². The first-order valence-corrected chi connectivity index (χ1v) is 7.34. The molecule has 0 aliphatic carbocycles. The molecule has 1 heterocycles. The molecule has 6 nitrogen and oxygen atoms in total. The molecule has 0 unspecified atom stereocenters. The minimum absolute atomic E-state index is 0.0305. The molecule has 0 spiro atoms. The number of aromatic nitrogens is 2. The summed E-state index contributed by atoms with van der Waals surface area (Å²) in [6, 6.07) is 2.30. The molecule has 2 aromatic rings. The van der Waals surface area contributed by atoms with Crippen LogP contribution >= 0.6 is 0 Å². The van der Waals surface area contributed by atoms with Gasteiger partial charge in [0, 0.05) is 23.2 Å². The summed E-state index contributed by atoms with van der Waals surface area (Å²) in [7, 11) is 0. The van der Waals surface area contributed by atoms with E-state index in [-0.39, 0.29) is 18.4 Å². The smallest absolute Gasteiger partial charge is 0.325 e. The van der Waals surface area contributed by atoms with Gasteiger partial charge < -0.3 is 10.3 Å². The van der Waals surface area contributed by atoms with Crippen molar-refractivity contribution in [3.8, 4) is 0 Å². The largest absolute Gasteiger partial charge is 0.349 e. The molecule has 1 aromatic carbocycles. The molecule has 0 saturated carbocycles. The van der Waals surface area contributed by atoms with Crippen molar-refractivity contribution in [1.82, 2.24) is 15.3 Å². The highest BCUT2D eigenvalue weighted by atomic mass is 19.1. The molecular weight excluding hydrogens is 320 g/mol. The van der Waals surface area contributed by atoms with Crippen LogP contribution in [0.5, 0.6) is 0 Å². The fourth-order valence-corrected chi connectivity index (χ4v) is 2.40. The number of carbonyl (C=O) groups excluding carboxylic acids is 1. The third-order valence-electron chi connectivity index (χ3n) is 3.66. The zero-order valence-corrected chi connectivity index (χ0v) is 13.2. The van der Waals surface area contributed by atoms with Crippen molar-refractivity contribution in [3.63, 3.8) is 0 Å². The normalized spacial score (nSPS) is 12.0. The average molecular weight is 337 g/mol. The van der Waals surface area contributed by atoms with Crippen LogP contribution in [-0.4, -0.2) is 15.9 Å². The number of benzene rings is 1. The number of amides is 1. The minimum atomic E-state index is -0.719. The molecule has 1 aromatic heterocycles. The predicted octanol–water partition coefficient (Wildman–Crippen LogP) is 1.46. The second-order valence-corrected chi connectivity index (χ2v) is 5.47. The second-order valence-electron chi connectivity index (χ2n) is 5.47. The summed E-state index contributed by atoms with van der Waals surface area (Å²) in [6.45, 7) is 3.10. The Morgan fingerprint density at radius 1 is 1.25 bits per heavy atom. The molecule has 8 heteroatoms. The van der Waals surface area contributed by atoms with E-state index in [0.717, 1.165) is 18.2 Å². The molecular formula is C16H17F2N3O3. The number of H-pyrrole nitrogens is 2. The van der Waals surface area contributed by atoms with E-state index in [1.807, 2.05) is 0 Å². The second kappa shape index (κ2) is 7.20. The van der Waals surface area contributed by atoms with Crippen molar-refractivity contribution >= 4 is 5.91 Å². The van der Waals surface area contributed by atoms with E-state index in [0.29, 0.717) is 11.3 Å². The monoisotopic (exact) mass is 337 g/mol. The van der Waals surface area contributed by atoms with Gasteiger partial charge in [-0.1, -0.05) is 0 Å². The summed E-state index contributed by atoms with van der Waals surface area (Å²) < 4.78 is 26.9. The van der Waals surface area contributed by atoms with Crippen LogP contribution in [0.15, 0.2) is 27.8 Å². The number of aryl methyl sites for hydroxylation is 1. The molecule has 0 aliphatic heterocycles. The van der Waals surface area contributed by atoms with Crippen molar-refractivity contribution in [3.05, 3.63) is 67.5 Å². The molecule has 0 aliphatic rings. The van der Waals surface area contributed by atoms with Gasteiger partial charge in [0.05, 0.1) is 6.04 Å². The number of rotatable bonds is 5. The number of hydrogen-bond acceptors (Lipinski definition) is 3. The highest BCUT2D eigenvalue weighted by molar-refractivity contribution is 5.76. The Labute approximate surface area is 135 Å². The van der Waals surface area contributed by atoms with Crippen LogP contribution in [0, 0.1) is 18.6 Å². The Morgan fingerprint density at radius 2 is 1.96 bits per heavy atom. The predicted molar refractivity (Wildman–Crippen MR) is 83.7 cm³/mol. The van der Waals surface area contributed by atoms with Crippen molar-refractivity contribution in [2.75, 3.05) is 0 Å². The third-order valence-corrected chi connectivity index (χ3v) is 3.66. The Bertz CT molecular complexity index is 874. The van der Waals surface area contributed by atoms with E-state index >= 15 is 0 Å². The maximum absolute atomic E-state index is 13.7. The first-order chi connectivity index (χ1) is 11.3. The summed E-state index contributed by atoms with van der Waals surface area (Å²) in [6.07, 6.45) is 0.0827. The van der Waals surface area contributed by atoms with E-state index < -0.39 is 34.8 Å². The standard InChI is InChI=1S/C16H17F2N3O3/c1-8-11(15(23)21-16(24)20-8)4-6-14(22)19-9(2)12-7-10(17)3-5-13(12)18/h3,5,7,9H,4,6H2,1-2H3,(H,19,22)(H2,20,21,23,24)/t9-/m0/s1. The SMILES string of the molecule is Cc1[nH]c(=O)[nH]c(=O)c1CCC(=O)N[C@@H](C)c1cc(F)ccc1F. The van der Waals surface area contributed by atoms with Crippen LogP contribution in [0.3, 0.4) is 0 Å². The lowest BCUT2D eigenvalue weighted by Gasteiger charge is -2.15. The van der Waals surface area contributed by atoms with E-state index in [9.17, 15) is 23.2 Å². The molecule has 0 radical (unpaired) electrons. The van der Waals surface area contributed by atoms with Crippen LogP contribution in [0.2, 0.25) is 0 Å². The van der Waals surface area contributed by atoms with Crippen LogP contribution in [0.25, 0.3) is 0 Å². The first-order valence-electron chi connectivity index (χ1n) is 7.34. The maximum atomic E-state index is 13.7. The lowest BCUT2D eigenvalue weighted by atomic mass is 10.1. The lowest BCUT2D eigenvalue weighted by Crippen LogP contribution is -2.30. The van der Waals surface area contributed by atoms with Crippen molar-refractivity contribution in [1.29, 1.82) is 0 Å². The number of carbonyl (C=O) groups is 1. The maximum Gasteiger partial charge on any atom is 0.325 e. The molecule has 1 atom stereocenters. The van der Waals surface area contributed by atoms with Crippen molar-refractivity contribution in [2.24, 2.45) is 0 Å². The van der Waals surface area contributed by atoms with Crippen LogP contribution in [0.1, 0.15) is 36.2 Å². The van der Waals surface area contributed by atoms with Crippen LogP contribution in [-0.2, 0) is 11.2 Å². The lowest BCUT2D eigenvalue weighted by molar-refractivity contribution is -0.121. The Morgan fingerprint density at radius 3 is 2.62 bits per heavy atom. The summed E-state index contributed by atoms with van der Waals surface area (Å²) in [5.74, 6) is -1.63. The summed E-state index contributed by atoms with van der Waals surface area (Å²) >= 11 is 0. The van der Waals surface area contributed by atoms with E-state index in [1.54, 1.807) is 6.92 Å². The van der Waals surface area contributed by atoms with Gasteiger partial charge in [0.15, 0.2) is 0 Å². The fraction of sp³-hybridized carbons (Fsp3) is 0.312. The molecule has 128 valence electrons. The number of nitrogens with one attached hydrogen (secondary N) is 3. The van der Waals surface area contributed by atoms with Gasteiger partial charge in [-0.25, -0.2) is 13.6 Å². The van der Waals surface area contributed by atoms with Crippen molar-refractivity contribution in [2.45, 2.75) is 32.7 Å². The summed E-state index contributed by atoms with van der Waals surface area (Å²) in [4.78, 5) is 39.3. The number of halogens is 2. The van der Waals surface area contributed by atoms with Crippen LogP contribution < -0.4 is 16.6 Å². The van der Waals surface area contributed by atoms with Gasteiger partial charge in [-0.2, -0.15) is 0 Å². The molecule has 3 N–H and O–H groups in total. The van der Waals surface area contributed by atoms with E-state index in [2.05, 4.69) is 15.3 Å². The fourth-order valence-electron chi connectivity index (χ4n) is 2.40. The first kappa shape index (κ1) is 17.6. The molecule has 2 rings (SSSR count). The zero-order valence-electron chi connectivity index (χ0n) is 13.2. The van der Waals surface area contributed by atoms with E-state index in [1.165, 1.54) is 6.92 Å². The average Bonchev–Trinajstić information content (AvgIpc) is 2.48. The molecule has 0 fully saturated rings. The van der Waals surface area contributed by atoms with Gasteiger partial charge in [-0.3, -0.25) is 14.6 Å². The van der Waals surface area contributed by atoms with Gasteiger partial charge in [-0.15, -0.1) is 0 Å². The van der Waals surface area contributed by atoms with Gasteiger partial charge in [0.1, 0.15) is 11.6 Å². The quantitative estimate of drug-likeness (QED) is 0.771. The molecule has 0 bridgehead atoms. The topological polar surface area (TPSA) is 94.8 Å². The van der Waals surface area contributed by atoms with Gasteiger partial charge >= 0.3 is 5.69 Å². The number of hydrogen-bond donors (Lipinski definition) is 3. The highest BCUT2D eigenvalue weighted by Gasteiger charge is 2.15. The third kappa shape index (κ3) is 4.15. The minimum Gasteiger partial charge on any atom is -0.349 e. The van der Waals surface area contributed by atoms with Gasteiger partial charge in [0.2, 0.25) is 5.91 Å².